The molecule has 3 aromatic heterocycles. The van der Waals surface area contributed by atoms with E-state index in [2.05, 4.69) is 43.7 Å². The lowest BCUT2D eigenvalue weighted by molar-refractivity contribution is -0.137. The van der Waals surface area contributed by atoms with Crippen molar-refractivity contribution < 1.29 is 14.4 Å². The molecule has 0 spiro atoms. The second kappa shape index (κ2) is 10.3. The maximum Gasteiger partial charge on any atom is 0.245 e. The fourth-order valence-corrected chi connectivity index (χ4v) is 4.90. The number of carbonyl (C=O) groups is 3. The molecule has 1 amide bonds. The van der Waals surface area contributed by atoms with Crippen molar-refractivity contribution in [3.8, 4) is 0 Å². The molecule has 0 aromatic carbocycles. The van der Waals surface area contributed by atoms with Crippen LogP contribution in [0.4, 0.5) is 11.6 Å². The van der Waals surface area contributed by atoms with Crippen LogP contribution in [-0.4, -0.2) is 65.1 Å². The molecule has 3 atom stereocenters. The van der Waals surface area contributed by atoms with Crippen molar-refractivity contribution in [3.05, 3.63) is 73.9 Å². The number of piperidine rings is 1. The lowest BCUT2D eigenvalue weighted by atomic mass is 10.0. The first-order valence-electron chi connectivity index (χ1n) is 12.2. The van der Waals surface area contributed by atoms with Crippen molar-refractivity contribution in [1.82, 2.24) is 29.9 Å². The molecule has 1 N–H and O–H groups in total. The van der Waals surface area contributed by atoms with Crippen molar-refractivity contribution >= 4 is 45.7 Å². The molecule has 11 heteroatoms. The third kappa shape index (κ3) is 4.77. The molecule has 1 saturated heterocycles. The number of aromatic nitrogens is 5. The summed E-state index contributed by atoms with van der Waals surface area (Å²) in [5.74, 6) is 0.518. The van der Waals surface area contributed by atoms with E-state index in [1.807, 2.05) is 0 Å². The smallest absolute Gasteiger partial charge is 0.245 e. The number of anilines is 2. The fraction of sp³-hybridized carbons (Fsp3) is 0.259. The van der Waals surface area contributed by atoms with E-state index in [1.165, 1.54) is 17.8 Å². The average molecular weight is 511 g/mol. The monoisotopic (exact) mass is 510 g/mol. The Balaban J connectivity index is 1.42. The van der Waals surface area contributed by atoms with E-state index in [9.17, 15) is 14.4 Å². The molecule has 2 aliphatic rings. The second-order valence-corrected chi connectivity index (χ2v) is 9.15. The standard InChI is InChI=1S/C27H26N8O3/c1-4-6-8-19(28-5-2)27(38)21-12-17-11-20(17)35(21)25(37)15-34-22-14-29-24(31-23-9-7-10-30-32-23)13-18(22)26(33-34)16(3)36/h4-10,13-14,17,20-21H,1-2,11-12,15H2,3H3,(H,29,31,32)/b8-6-,28-19+/t17-,20-,21+/m1/s1. The molecule has 192 valence electrons. The predicted octanol–water partition coefficient (Wildman–Crippen LogP) is 3.05. The predicted molar refractivity (Wildman–Crippen MR) is 142 cm³/mol. The normalized spacial score (nSPS) is 20.4. The highest BCUT2D eigenvalue weighted by Gasteiger charge is 2.56. The summed E-state index contributed by atoms with van der Waals surface area (Å²) >= 11 is 0. The SMILES string of the molecule is C=C/C=C\C(=N/C=C)C(=O)[C@@H]1C[C@H]2C[C@H]2N1C(=O)Cn1nc(C(C)=O)c2cc(Nc3cccnn3)ncc21. The number of allylic oxidation sites excluding steroid dienone is 3. The van der Waals surface area contributed by atoms with E-state index >= 15 is 0 Å². The Kier molecular flexibility index (Phi) is 6.73. The fourth-order valence-electron chi connectivity index (χ4n) is 4.90. The molecule has 11 nitrogen and oxygen atoms in total. The Bertz CT molecular complexity index is 1510. The minimum Gasteiger partial charge on any atom is -0.327 e. The zero-order valence-corrected chi connectivity index (χ0v) is 20.8. The van der Waals surface area contributed by atoms with Crippen LogP contribution < -0.4 is 5.32 Å². The second-order valence-electron chi connectivity index (χ2n) is 9.15. The highest BCUT2D eigenvalue weighted by atomic mass is 16.2. The molecule has 2 fully saturated rings. The van der Waals surface area contributed by atoms with Gasteiger partial charge in [-0.25, -0.2) is 4.98 Å². The minimum absolute atomic E-state index is 0.0137. The van der Waals surface area contributed by atoms with Gasteiger partial charge in [0, 0.05) is 30.7 Å². The van der Waals surface area contributed by atoms with E-state index in [-0.39, 0.29) is 41.5 Å². The summed E-state index contributed by atoms with van der Waals surface area (Å²) in [6.45, 7) is 8.51. The molecular formula is C27H26N8O3. The highest BCUT2D eigenvalue weighted by Crippen LogP contribution is 2.48. The van der Waals surface area contributed by atoms with E-state index < -0.39 is 6.04 Å². The summed E-state index contributed by atoms with van der Waals surface area (Å²) in [7, 11) is 0. The first kappa shape index (κ1) is 24.9. The zero-order chi connectivity index (χ0) is 26.8. The lowest BCUT2D eigenvalue weighted by Crippen LogP contribution is -2.46. The summed E-state index contributed by atoms with van der Waals surface area (Å²) in [5, 5.41) is 15.9. The third-order valence-corrected chi connectivity index (χ3v) is 6.65. The number of hydrogen-bond donors (Lipinski definition) is 1. The topological polar surface area (TPSA) is 135 Å². The van der Waals surface area contributed by atoms with Crippen LogP contribution in [0, 0.1) is 5.92 Å². The Morgan fingerprint density at radius 3 is 2.79 bits per heavy atom. The Morgan fingerprint density at radius 2 is 2.08 bits per heavy atom. The van der Waals surface area contributed by atoms with Crippen molar-refractivity contribution in [3.63, 3.8) is 0 Å². The number of Topliss-reactive ketones (excluding diaryl/α,β-unsaturated/α-hetero) is 2. The van der Waals surface area contributed by atoms with Crippen LogP contribution in [0.2, 0.25) is 0 Å². The zero-order valence-electron chi connectivity index (χ0n) is 20.8. The molecule has 4 heterocycles. The van der Waals surface area contributed by atoms with Gasteiger partial charge in [-0.3, -0.25) is 24.1 Å². The van der Waals surface area contributed by atoms with Crippen LogP contribution in [0.5, 0.6) is 0 Å². The molecule has 5 rings (SSSR count). The molecule has 0 unspecified atom stereocenters. The number of fused-ring (bicyclic) bond motifs is 2. The number of hydrogen-bond acceptors (Lipinski definition) is 9. The van der Waals surface area contributed by atoms with E-state index in [0.717, 1.165) is 6.42 Å². The van der Waals surface area contributed by atoms with Gasteiger partial charge < -0.3 is 10.2 Å². The van der Waals surface area contributed by atoms with Crippen molar-refractivity contribution in [1.29, 1.82) is 0 Å². The molecule has 38 heavy (non-hydrogen) atoms. The maximum absolute atomic E-state index is 13.6. The first-order valence-corrected chi connectivity index (χ1v) is 12.2. The quantitative estimate of drug-likeness (QED) is 0.250. The minimum atomic E-state index is -0.616. The number of amides is 1. The number of rotatable bonds is 10. The van der Waals surface area contributed by atoms with Crippen LogP contribution in [0.3, 0.4) is 0 Å². The van der Waals surface area contributed by atoms with Crippen molar-refractivity contribution in [2.24, 2.45) is 10.9 Å². The van der Waals surface area contributed by atoms with Crippen LogP contribution >= 0.6 is 0 Å². The van der Waals surface area contributed by atoms with Gasteiger partial charge in [0.05, 0.1) is 17.8 Å². The van der Waals surface area contributed by atoms with Gasteiger partial charge >= 0.3 is 0 Å². The molecule has 1 saturated carbocycles. The summed E-state index contributed by atoms with van der Waals surface area (Å²) in [6.07, 6.45) is 10.6. The van der Waals surface area contributed by atoms with Crippen LogP contribution in [0.1, 0.15) is 30.3 Å². The Hall–Kier alpha value is -4.80. The van der Waals surface area contributed by atoms with Crippen LogP contribution in [0.25, 0.3) is 10.9 Å². The molecule has 0 bridgehead atoms. The molecule has 1 aliphatic carbocycles. The number of pyridine rings is 1. The number of nitrogens with zero attached hydrogens (tertiary/aromatic N) is 7. The van der Waals surface area contributed by atoms with E-state index in [4.69, 9.17) is 0 Å². The van der Waals surface area contributed by atoms with Gasteiger partial charge in [-0.05, 0) is 43.0 Å². The Labute approximate surface area is 218 Å². The molecular weight excluding hydrogens is 484 g/mol. The number of nitrogens with one attached hydrogen (secondary N) is 1. The van der Waals surface area contributed by atoms with Crippen LogP contribution in [-0.2, 0) is 16.1 Å². The summed E-state index contributed by atoms with van der Waals surface area (Å²) in [6, 6.07) is 4.57. The third-order valence-electron chi connectivity index (χ3n) is 6.65. The van der Waals surface area contributed by atoms with Gasteiger partial charge in [0.25, 0.3) is 0 Å². The van der Waals surface area contributed by atoms with Gasteiger partial charge in [-0.15, -0.1) is 5.10 Å². The molecule has 3 aromatic rings. The van der Waals surface area contributed by atoms with E-state index in [0.29, 0.717) is 34.9 Å². The molecule has 1 aliphatic heterocycles. The number of ketones is 2. The largest absolute Gasteiger partial charge is 0.327 e. The van der Waals surface area contributed by atoms with Gasteiger partial charge in [0.2, 0.25) is 11.7 Å². The highest BCUT2D eigenvalue weighted by molar-refractivity contribution is 6.46. The summed E-state index contributed by atoms with van der Waals surface area (Å²) < 4.78 is 1.47. The summed E-state index contributed by atoms with van der Waals surface area (Å²) in [5.41, 5.74) is 0.982. The average Bonchev–Trinajstić information content (AvgIpc) is 3.42. The van der Waals surface area contributed by atoms with E-state index in [1.54, 1.807) is 53.7 Å². The van der Waals surface area contributed by atoms with Crippen molar-refractivity contribution in [2.45, 2.75) is 38.4 Å². The van der Waals surface area contributed by atoms with Crippen molar-refractivity contribution in [2.75, 3.05) is 5.32 Å². The number of carbonyl (C=O) groups excluding carboxylic acids is 3. The summed E-state index contributed by atoms with van der Waals surface area (Å²) in [4.78, 5) is 49.5. The maximum atomic E-state index is 13.6. The van der Waals surface area contributed by atoms with Gasteiger partial charge in [0.1, 0.15) is 23.8 Å². The van der Waals surface area contributed by atoms with Gasteiger partial charge in [-0.2, -0.15) is 10.2 Å². The first-order chi connectivity index (χ1) is 18.4. The Morgan fingerprint density at radius 1 is 1.24 bits per heavy atom. The van der Waals surface area contributed by atoms with Gasteiger partial charge in [-0.1, -0.05) is 25.3 Å². The number of likely N-dealkylation sites (tertiary alicyclic amines) is 1. The molecule has 0 radical (unpaired) electrons. The van der Waals surface area contributed by atoms with Crippen LogP contribution in [0.15, 0.2) is 73.2 Å². The lowest BCUT2D eigenvalue weighted by Gasteiger charge is -2.26. The van der Waals surface area contributed by atoms with Gasteiger partial charge in [0.15, 0.2) is 11.6 Å². The number of aliphatic imine (C=N–C) groups is 1.